The Kier molecular flexibility index (Phi) is 3.87. The van der Waals surface area contributed by atoms with Crippen LogP contribution in [-0.4, -0.2) is 40.8 Å². The minimum absolute atomic E-state index is 0.114. The van der Waals surface area contributed by atoms with E-state index in [1.165, 1.54) is 5.56 Å². The summed E-state index contributed by atoms with van der Waals surface area (Å²) in [5.41, 5.74) is 3.02. The second kappa shape index (κ2) is 6.16. The SMILES string of the molecule is O=C(c1cccc(C2CCOC2)c1)N1CCCC1c1ccn[nH]1. The molecule has 0 bridgehead atoms. The number of nitrogens with one attached hydrogen (secondary N) is 1. The van der Waals surface area contributed by atoms with E-state index in [2.05, 4.69) is 16.3 Å². The normalized spacial score (nSPS) is 24.3. The second-order valence-corrected chi connectivity index (χ2v) is 6.35. The van der Waals surface area contributed by atoms with Crippen molar-refractivity contribution in [3.63, 3.8) is 0 Å². The Morgan fingerprint density at radius 1 is 1.30 bits per heavy atom. The summed E-state index contributed by atoms with van der Waals surface area (Å²) in [6.45, 7) is 2.38. The fraction of sp³-hybridized carbons (Fsp3) is 0.444. The van der Waals surface area contributed by atoms with E-state index in [0.29, 0.717) is 5.92 Å². The Morgan fingerprint density at radius 3 is 3.04 bits per heavy atom. The van der Waals surface area contributed by atoms with Gasteiger partial charge in [0, 0.05) is 30.8 Å². The van der Waals surface area contributed by atoms with Crippen molar-refractivity contribution in [2.45, 2.75) is 31.2 Å². The maximum Gasteiger partial charge on any atom is 0.254 e. The number of benzene rings is 1. The van der Waals surface area contributed by atoms with E-state index in [-0.39, 0.29) is 11.9 Å². The molecular weight excluding hydrogens is 290 g/mol. The molecule has 3 heterocycles. The lowest BCUT2D eigenvalue weighted by atomic mass is 9.96. The number of nitrogens with zero attached hydrogens (tertiary/aromatic N) is 2. The monoisotopic (exact) mass is 311 g/mol. The molecule has 1 aromatic carbocycles. The van der Waals surface area contributed by atoms with Crippen LogP contribution in [0.4, 0.5) is 0 Å². The highest BCUT2D eigenvalue weighted by molar-refractivity contribution is 5.94. The van der Waals surface area contributed by atoms with Crippen molar-refractivity contribution in [2.75, 3.05) is 19.8 Å². The van der Waals surface area contributed by atoms with Crippen LogP contribution in [0.25, 0.3) is 0 Å². The summed E-state index contributed by atoms with van der Waals surface area (Å²) >= 11 is 0. The fourth-order valence-electron chi connectivity index (χ4n) is 3.67. The Bertz CT molecular complexity index is 677. The fourth-order valence-corrected chi connectivity index (χ4v) is 3.67. The molecule has 23 heavy (non-hydrogen) atoms. The lowest BCUT2D eigenvalue weighted by Gasteiger charge is -2.24. The minimum Gasteiger partial charge on any atom is -0.381 e. The molecule has 5 heteroatoms. The van der Waals surface area contributed by atoms with Crippen LogP contribution in [0.3, 0.4) is 0 Å². The Balaban J connectivity index is 1.57. The van der Waals surface area contributed by atoms with Crippen LogP contribution in [0.5, 0.6) is 0 Å². The van der Waals surface area contributed by atoms with Gasteiger partial charge in [0.05, 0.1) is 18.3 Å². The summed E-state index contributed by atoms with van der Waals surface area (Å²) < 4.78 is 5.47. The molecule has 1 aromatic heterocycles. The molecular formula is C18H21N3O2. The van der Waals surface area contributed by atoms with Gasteiger partial charge in [-0.15, -0.1) is 0 Å². The number of aromatic nitrogens is 2. The highest BCUT2D eigenvalue weighted by atomic mass is 16.5. The van der Waals surface area contributed by atoms with E-state index < -0.39 is 0 Å². The predicted octanol–water partition coefficient (Wildman–Crippen LogP) is 2.89. The molecule has 2 aromatic rings. The van der Waals surface area contributed by atoms with Crippen LogP contribution in [0.2, 0.25) is 0 Å². The third-order valence-electron chi connectivity index (χ3n) is 4.93. The van der Waals surface area contributed by atoms with Crippen LogP contribution in [0.1, 0.15) is 52.8 Å². The van der Waals surface area contributed by atoms with Crippen LogP contribution in [-0.2, 0) is 4.74 Å². The van der Waals surface area contributed by atoms with Crippen molar-refractivity contribution in [2.24, 2.45) is 0 Å². The van der Waals surface area contributed by atoms with Crippen molar-refractivity contribution < 1.29 is 9.53 Å². The quantitative estimate of drug-likeness (QED) is 0.948. The number of hydrogen-bond donors (Lipinski definition) is 1. The standard InChI is InChI=1S/C18H21N3O2/c22-18(21-9-2-5-17(21)16-6-8-19-20-16)14-4-1-3-13(11-14)15-7-10-23-12-15/h1,3-4,6,8,11,15,17H,2,5,7,9-10,12H2,(H,19,20). The summed E-state index contributed by atoms with van der Waals surface area (Å²) in [5.74, 6) is 0.535. The Hall–Kier alpha value is -2.14. The Morgan fingerprint density at radius 2 is 2.26 bits per heavy atom. The van der Waals surface area contributed by atoms with Gasteiger partial charge in [-0.2, -0.15) is 5.10 Å². The zero-order valence-corrected chi connectivity index (χ0v) is 13.1. The van der Waals surface area contributed by atoms with Gasteiger partial charge < -0.3 is 9.64 Å². The van der Waals surface area contributed by atoms with Gasteiger partial charge in [0.2, 0.25) is 0 Å². The first-order chi connectivity index (χ1) is 11.3. The summed E-state index contributed by atoms with van der Waals surface area (Å²) in [7, 11) is 0. The van der Waals surface area contributed by atoms with Crippen molar-refractivity contribution in [1.29, 1.82) is 0 Å². The third-order valence-corrected chi connectivity index (χ3v) is 4.93. The maximum absolute atomic E-state index is 13.0. The number of carbonyl (C=O) groups is 1. The number of rotatable bonds is 3. The molecule has 2 atom stereocenters. The van der Waals surface area contributed by atoms with Gasteiger partial charge >= 0.3 is 0 Å². The van der Waals surface area contributed by atoms with E-state index in [1.54, 1.807) is 6.20 Å². The molecule has 0 radical (unpaired) electrons. The van der Waals surface area contributed by atoms with E-state index in [0.717, 1.165) is 50.3 Å². The smallest absolute Gasteiger partial charge is 0.254 e. The molecule has 5 nitrogen and oxygen atoms in total. The third kappa shape index (κ3) is 2.77. The van der Waals surface area contributed by atoms with E-state index in [9.17, 15) is 4.79 Å². The Labute approximate surface area is 135 Å². The van der Waals surface area contributed by atoms with Crippen molar-refractivity contribution in [3.05, 3.63) is 53.3 Å². The number of aromatic amines is 1. The van der Waals surface area contributed by atoms with Gasteiger partial charge in [0.25, 0.3) is 5.91 Å². The van der Waals surface area contributed by atoms with Gasteiger partial charge in [0.1, 0.15) is 0 Å². The van der Waals surface area contributed by atoms with Crippen LogP contribution in [0, 0.1) is 0 Å². The molecule has 0 spiro atoms. The number of carbonyl (C=O) groups excluding carboxylic acids is 1. The van der Waals surface area contributed by atoms with Crippen LogP contribution < -0.4 is 0 Å². The maximum atomic E-state index is 13.0. The van der Waals surface area contributed by atoms with Gasteiger partial charge in [-0.3, -0.25) is 9.89 Å². The molecule has 1 amide bonds. The van der Waals surface area contributed by atoms with Gasteiger partial charge in [-0.05, 0) is 43.0 Å². The van der Waals surface area contributed by atoms with E-state index in [4.69, 9.17) is 4.74 Å². The summed E-state index contributed by atoms with van der Waals surface area (Å²) in [6.07, 6.45) is 4.81. The predicted molar refractivity (Wildman–Crippen MR) is 86.2 cm³/mol. The van der Waals surface area contributed by atoms with Gasteiger partial charge in [0.15, 0.2) is 0 Å². The highest BCUT2D eigenvalue weighted by Gasteiger charge is 2.31. The first-order valence-corrected chi connectivity index (χ1v) is 8.31. The van der Waals surface area contributed by atoms with Gasteiger partial charge in [-0.25, -0.2) is 0 Å². The molecule has 0 saturated carbocycles. The summed E-state index contributed by atoms with van der Waals surface area (Å²) in [6, 6.07) is 10.1. The zero-order chi connectivity index (χ0) is 15.6. The number of amides is 1. The number of hydrogen-bond acceptors (Lipinski definition) is 3. The number of likely N-dealkylation sites (tertiary alicyclic amines) is 1. The zero-order valence-electron chi connectivity index (χ0n) is 13.1. The minimum atomic E-state index is 0.114. The van der Waals surface area contributed by atoms with Crippen molar-refractivity contribution >= 4 is 5.91 Å². The van der Waals surface area contributed by atoms with E-state index in [1.807, 2.05) is 29.2 Å². The van der Waals surface area contributed by atoms with Crippen LogP contribution in [0.15, 0.2) is 36.5 Å². The molecule has 1 N–H and O–H groups in total. The highest BCUT2D eigenvalue weighted by Crippen LogP contribution is 2.32. The summed E-state index contributed by atoms with van der Waals surface area (Å²) in [5, 5.41) is 7.03. The average Bonchev–Trinajstić information content (AvgIpc) is 3.35. The average molecular weight is 311 g/mol. The lowest BCUT2D eigenvalue weighted by molar-refractivity contribution is 0.0732. The van der Waals surface area contributed by atoms with Gasteiger partial charge in [-0.1, -0.05) is 12.1 Å². The van der Waals surface area contributed by atoms with Crippen LogP contribution >= 0.6 is 0 Å². The molecule has 2 unspecified atom stereocenters. The molecule has 2 aliphatic rings. The largest absolute Gasteiger partial charge is 0.381 e. The first kappa shape index (κ1) is 14.5. The van der Waals surface area contributed by atoms with E-state index >= 15 is 0 Å². The number of H-pyrrole nitrogens is 1. The molecule has 2 aliphatic heterocycles. The number of ether oxygens (including phenoxy) is 1. The molecule has 0 aliphatic carbocycles. The molecule has 2 saturated heterocycles. The topological polar surface area (TPSA) is 58.2 Å². The molecule has 2 fully saturated rings. The second-order valence-electron chi connectivity index (χ2n) is 6.35. The van der Waals surface area contributed by atoms with Crippen molar-refractivity contribution in [3.8, 4) is 0 Å². The summed E-state index contributed by atoms with van der Waals surface area (Å²) in [4.78, 5) is 15.0. The van der Waals surface area contributed by atoms with Crippen molar-refractivity contribution in [1.82, 2.24) is 15.1 Å². The molecule has 120 valence electrons. The lowest BCUT2D eigenvalue weighted by Crippen LogP contribution is -2.30. The first-order valence-electron chi connectivity index (χ1n) is 8.31. The molecule has 4 rings (SSSR count).